The summed E-state index contributed by atoms with van der Waals surface area (Å²) in [6.07, 6.45) is 0.515. The van der Waals surface area contributed by atoms with Crippen molar-refractivity contribution in [1.29, 1.82) is 5.26 Å². The zero-order valence-corrected chi connectivity index (χ0v) is 15.1. The van der Waals surface area contributed by atoms with Gasteiger partial charge in [0.2, 0.25) is 0 Å². The van der Waals surface area contributed by atoms with E-state index in [4.69, 9.17) is 5.73 Å². The maximum Gasteiger partial charge on any atom is 0.190 e. The van der Waals surface area contributed by atoms with Gasteiger partial charge in [-0.25, -0.2) is 14.4 Å². The molecular weight excluding hydrogens is 347 g/mol. The minimum atomic E-state index is -0.266. The molecule has 4 nitrogen and oxygen atoms in total. The fraction of sp³-hybridized carbons (Fsp3) is 0.150. The molecule has 3 aromatic rings. The summed E-state index contributed by atoms with van der Waals surface area (Å²) in [6.45, 7) is 2.02. The van der Waals surface area contributed by atoms with Gasteiger partial charge < -0.3 is 5.73 Å². The first kappa shape index (κ1) is 17.9. The van der Waals surface area contributed by atoms with E-state index in [-0.39, 0.29) is 11.6 Å². The molecule has 3 rings (SSSR count). The van der Waals surface area contributed by atoms with Crippen molar-refractivity contribution in [2.24, 2.45) is 0 Å². The highest BCUT2D eigenvalue weighted by Crippen LogP contribution is 2.24. The Balaban J connectivity index is 1.84. The first-order chi connectivity index (χ1) is 12.5. The predicted molar refractivity (Wildman–Crippen MR) is 101 cm³/mol. The van der Waals surface area contributed by atoms with Gasteiger partial charge in [-0.2, -0.15) is 5.26 Å². The lowest BCUT2D eigenvalue weighted by molar-refractivity contribution is 0.627. The predicted octanol–water partition coefficient (Wildman–Crippen LogP) is 4.26. The van der Waals surface area contributed by atoms with E-state index in [0.717, 1.165) is 16.7 Å². The first-order valence-corrected chi connectivity index (χ1v) is 9.03. The smallest absolute Gasteiger partial charge is 0.190 e. The van der Waals surface area contributed by atoms with Gasteiger partial charge in [-0.05, 0) is 30.2 Å². The van der Waals surface area contributed by atoms with Gasteiger partial charge in [0.25, 0.3) is 0 Å². The molecule has 0 saturated heterocycles. The number of nitriles is 1. The number of hydrogen-bond donors (Lipinski definition) is 1. The number of nitrogens with zero attached hydrogens (tertiary/aromatic N) is 3. The maximum atomic E-state index is 13.0. The molecule has 0 fully saturated rings. The summed E-state index contributed by atoms with van der Waals surface area (Å²) in [6, 6.07) is 16.5. The molecule has 0 aliphatic rings. The van der Waals surface area contributed by atoms with E-state index in [9.17, 15) is 9.65 Å². The molecule has 2 N–H and O–H groups in total. The fourth-order valence-corrected chi connectivity index (χ4v) is 3.39. The van der Waals surface area contributed by atoms with Crippen LogP contribution in [-0.2, 0) is 12.2 Å². The summed E-state index contributed by atoms with van der Waals surface area (Å²) in [7, 11) is 0. The summed E-state index contributed by atoms with van der Waals surface area (Å²) >= 11 is 1.41. The van der Waals surface area contributed by atoms with Crippen LogP contribution in [0, 0.1) is 24.1 Å². The molecule has 6 heteroatoms. The van der Waals surface area contributed by atoms with Gasteiger partial charge in [-0.1, -0.05) is 53.7 Å². The summed E-state index contributed by atoms with van der Waals surface area (Å²) in [5.74, 6) is 0.514. The van der Waals surface area contributed by atoms with E-state index in [0.29, 0.717) is 28.6 Å². The fourth-order valence-electron chi connectivity index (χ4n) is 2.56. The number of nitrogens with two attached hydrogens (primary N) is 1. The number of halogens is 1. The first-order valence-electron chi connectivity index (χ1n) is 8.04. The number of thioether (sulfide) groups is 1. The van der Waals surface area contributed by atoms with Crippen LogP contribution < -0.4 is 5.73 Å². The van der Waals surface area contributed by atoms with E-state index >= 15 is 0 Å². The molecule has 0 saturated carbocycles. The Morgan fingerprint density at radius 3 is 2.58 bits per heavy atom. The highest BCUT2D eigenvalue weighted by Gasteiger charge is 2.13. The molecule has 1 heterocycles. The largest absolute Gasteiger partial charge is 0.382 e. The second kappa shape index (κ2) is 7.98. The Morgan fingerprint density at radius 2 is 1.88 bits per heavy atom. The lowest BCUT2D eigenvalue weighted by Gasteiger charge is -2.09. The zero-order valence-electron chi connectivity index (χ0n) is 14.2. The van der Waals surface area contributed by atoms with Crippen LogP contribution in [-0.4, -0.2) is 9.97 Å². The lowest BCUT2D eigenvalue weighted by atomic mass is 10.0. The molecule has 0 aliphatic carbocycles. The second-order valence-corrected chi connectivity index (χ2v) is 6.85. The quantitative estimate of drug-likeness (QED) is 0.541. The van der Waals surface area contributed by atoms with E-state index < -0.39 is 0 Å². The van der Waals surface area contributed by atoms with Crippen molar-refractivity contribution < 1.29 is 4.39 Å². The Bertz CT molecular complexity index is 965. The van der Waals surface area contributed by atoms with Crippen LogP contribution in [0.4, 0.5) is 10.2 Å². The summed E-state index contributed by atoms with van der Waals surface area (Å²) in [4.78, 5) is 8.77. The van der Waals surface area contributed by atoms with Gasteiger partial charge in [-0.15, -0.1) is 0 Å². The number of hydrogen-bond acceptors (Lipinski definition) is 5. The molecule has 2 aromatic carbocycles. The monoisotopic (exact) mass is 364 g/mol. The Hall–Kier alpha value is -2.91. The molecule has 0 radical (unpaired) electrons. The molecule has 26 heavy (non-hydrogen) atoms. The van der Waals surface area contributed by atoms with Crippen molar-refractivity contribution in [1.82, 2.24) is 9.97 Å². The SMILES string of the molecule is Cc1cccc(Cc2nc(SCc3ccc(F)cc3)nc(N)c2C#N)c1. The van der Waals surface area contributed by atoms with Gasteiger partial charge in [0.1, 0.15) is 23.3 Å². The van der Waals surface area contributed by atoms with E-state index in [1.807, 2.05) is 25.1 Å². The molecule has 0 amide bonds. The van der Waals surface area contributed by atoms with Crippen LogP contribution in [0.2, 0.25) is 0 Å². The number of benzene rings is 2. The van der Waals surface area contributed by atoms with Crippen molar-refractivity contribution in [3.63, 3.8) is 0 Å². The van der Waals surface area contributed by atoms with E-state index in [2.05, 4.69) is 22.1 Å². The molecule has 0 unspecified atom stereocenters. The number of aromatic nitrogens is 2. The third kappa shape index (κ3) is 4.38. The average Bonchev–Trinajstić information content (AvgIpc) is 2.61. The molecule has 0 bridgehead atoms. The minimum Gasteiger partial charge on any atom is -0.382 e. The van der Waals surface area contributed by atoms with Crippen LogP contribution in [0.3, 0.4) is 0 Å². The summed E-state index contributed by atoms with van der Waals surface area (Å²) < 4.78 is 13.0. The van der Waals surface area contributed by atoms with Crippen LogP contribution in [0.25, 0.3) is 0 Å². The Labute approximate surface area is 155 Å². The van der Waals surface area contributed by atoms with Crippen molar-refractivity contribution in [2.75, 3.05) is 5.73 Å². The number of aryl methyl sites for hydroxylation is 1. The molecule has 0 atom stereocenters. The topological polar surface area (TPSA) is 75.6 Å². The molecular formula is C20H17FN4S. The van der Waals surface area contributed by atoms with Crippen molar-refractivity contribution in [3.8, 4) is 6.07 Å². The highest BCUT2D eigenvalue weighted by atomic mass is 32.2. The average molecular weight is 364 g/mol. The minimum absolute atomic E-state index is 0.187. The Morgan fingerprint density at radius 1 is 1.12 bits per heavy atom. The van der Waals surface area contributed by atoms with Crippen molar-refractivity contribution in [3.05, 3.63) is 82.3 Å². The standard InChI is InChI=1S/C20H17FN4S/c1-13-3-2-4-15(9-13)10-18-17(11-22)19(23)25-20(24-18)26-12-14-5-7-16(21)8-6-14/h2-9H,10,12H2,1H3,(H2,23,24,25). The maximum absolute atomic E-state index is 13.0. The van der Waals surface area contributed by atoms with Gasteiger partial charge in [-0.3, -0.25) is 0 Å². The second-order valence-electron chi connectivity index (χ2n) is 5.91. The van der Waals surface area contributed by atoms with Gasteiger partial charge >= 0.3 is 0 Å². The number of nitrogen functional groups attached to an aromatic ring is 1. The van der Waals surface area contributed by atoms with E-state index in [1.54, 1.807) is 12.1 Å². The Kier molecular flexibility index (Phi) is 5.49. The van der Waals surface area contributed by atoms with Crippen LogP contribution in [0.1, 0.15) is 27.9 Å². The third-order valence-electron chi connectivity index (χ3n) is 3.84. The molecule has 1 aromatic heterocycles. The number of anilines is 1. The summed E-state index contributed by atoms with van der Waals surface area (Å²) in [5.41, 5.74) is 10.1. The lowest BCUT2D eigenvalue weighted by Crippen LogP contribution is -2.06. The van der Waals surface area contributed by atoms with Crippen LogP contribution in [0.5, 0.6) is 0 Å². The van der Waals surface area contributed by atoms with Gasteiger partial charge in [0.15, 0.2) is 5.16 Å². The van der Waals surface area contributed by atoms with Crippen LogP contribution in [0.15, 0.2) is 53.7 Å². The molecule has 130 valence electrons. The normalized spacial score (nSPS) is 10.5. The van der Waals surface area contributed by atoms with Crippen LogP contribution >= 0.6 is 11.8 Å². The molecule has 0 spiro atoms. The van der Waals surface area contributed by atoms with Crippen molar-refractivity contribution in [2.45, 2.75) is 24.3 Å². The van der Waals surface area contributed by atoms with Gasteiger partial charge in [0, 0.05) is 12.2 Å². The zero-order chi connectivity index (χ0) is 18.5. The number of rotatable bonds is 5. The third-order valence-corrected chi connectivity index (χ3v) is 4.76. The molecule has 0 aliphatic heterocycles. The van der Waals surface area contributed by atoms with E-state index in [1.165, 1.54) is 23.9 Å². The van der Waals surface area contributed by atoms with Crippen molar-refractivity contribution >= 4 is 17.6 Å². The van der Waals surface area contributed by atoms with Gasteiger partial charge in [0.05, 0.1) is 5.69 Å². The summed E-state index contributed by atoms with van der Waals surface area (Å²) in [5, 5.41) is 9.91. The highest BCUT2D eigenvalue weighted by molar-refractivity contribution is 7.98.